The molecule has 1 heterocycles. The molecule has 1 N–H and O–H groups in total. The zero-order valence-electron chi connectivity index (χ0n) is 13.2. The molecule has 4 heteroatoms. The maximum atomic E-state index is 4.44. The minimum atomic E-state index is 0.662. The summed E-state index contributed by atoms with van der Waals surface area (Å²) in [4.78, 5) is 0. The van der Waals surface area contributed by atoms with E-state index in [0.29, 0.717) is 6.04 Å². The third-order valence-electron chi connectivity index (χ3n) is 4.25. The molecule has 0 amide bonds. The summed E-state index contributed by atoms with van der Waals surface area (Å²) in [5.41, 5.74) is 1.12. The van der Waals surface area contributed by atoms with Crippen LogP contribution in [-0.4, -0.2) is 28.1 Å². The van der Waals surface area contributed by atoms with Gasteiger partial charge in [0, 0.05) is 18.8 Å². The number of aryl methyl sites for hydroxylation is 2. The van der Waals surface area contributed by atoms with Crippen LogP contribution in [-0.2, 0) is 7.05 Å². The van der Waals surface area contributed by atoms with Crippen molar-refractivity contribution in [1.29, 1.82) is 0 Å². The van der Waals surface area contributed by atoms with Crippen LogP contribution in [0.2, 0.25) is 0 Å². The monoisotopic (exact) mass is 295 g/mol. The van der Waals surface area contributed by atoms with Gasteiger partial charge in [-0.1, -0.05) is 26.2 Å². The SMILES string of the molecule is CCCNC(CSc1cc(C)nn1C)C1CCCCC1. The predicted molar refractivity (Wildman–Crippen MR) is 87.3 cm³/mol. The van der Waals surface area contributed by atoms with Crippen LogP contribution in [0.25, 0.3) is 0 Å². The highest BCUT2D eigenvalue weighted by molar-refractivity contribution is 7.99. The van der Waals surface area contributed by atoms with Gasteiger partial charge in [0.1, 0.15) is 0 Å². The van der Waals surface area contributed by atoms with Crippen molar-refractivity contribution in [1.82, 2.24) is 15.1 Å². The van der Waals surface area contributed by atoms with E-state index in [-0.39, 0.29) is 0 Å². The Balaban J connectivity index is 1.90. The molecule has 1 fully saturated rings. The average molecular weight is 295 g/mol. The second-order valence-electron chi connectivity index (χ2n) is 6.02. The molecule has 1 atom stereocenters. The third-order valence-corrected chi connectivity index (χ3v) is 5.45. The van der Waals surface area contributed by atoms with Gasteiger partial charge in [-0.3, -0.25) is 4.68 Å². The largest absolute Gasteiger partial charge is 0.313 e. The van der Waals surface area contributed by atoms with Gasteiger partial charge in [-0.25, -0.2) is 0 Å². The number of nitrogens with one attached hydrogen (secondary N) is 1. The lowest BCUT2D eigenvalue weighted by molar-refractivity contribution is 0.285. The molecule has 20 heavy (non-hydrogen) atoms. The lowest BCUT2D eigenvalue weighted by Crippen LogP contribution is -2.39. The van der Waals surface area contributed by atoms with Gasteiger partial charge in [0.15, 0.2) is 0 Å². The molecule has 0 aliphatic heterocycles. The molecule has 1 aromatic heterocycles. The first kappa shape index (κ1) is 15.9. The fourth-order valence-electron chi connectivity index (χ4n) is 3.13. The second kappa shape index (κ2) is 8.08. The van der Waals surface area contributed by atoms with Crippen molar-refractivity contribution in [2.75, 3.05) is 12.3 Å². The summed E-state index contributed by atoms with van der Waals surface area (Å²) in [6.45, 7) is 5.46. The third kappa shape index (κ3) is 4.52. The van der Waals surface area contributed by atoms with Crippen molar-refractivity contribution in [3.8, 4) is 0 Å². The van der Waals surface area contributed by atoms with Gasteiger partial charge in [-0.05, 0) is 44.7 Å². The Morgan fingerprint density at radius 1 is 1.40 bits per heavy atom. The molecule has 1 aromatic rings. The van der Waals surface area contributed by atoms with Crippen LogP contribution in [0.1, 0.15) is 51.1 Å². The minimum absolute atomic E-state index is 0.662. The zero-order valence-corrected chi connectivity index (χ0v) is 14.0. The van der Waals surface area contributed by atoms with Crippen molar-refractivity contribution in [3.05, 3.63) is 11.8 Å². The predicted octanol–water partition coefficient (Wildman–Crippen LogP) is 3.77. The smallest absolute Gasteiger partial charge is 0.0939 e. The van der Waals surface area contributed by atoms with Gasteiger partial charge in [-0.15, -0.1) is 11.8 Å². The summed E-state index contributed by atoms with van der Waals surface area (Å²) in [6.07, 6.45) is 8.32. The van der Waals surface area contributed by atoms with Gasteiger partial charge >= 0.3 is 0 Å². The normalized spacial score (nSPS) is 18.4. The van der Waals surface area contributed by atoms with Crippen molar-refractivity contribution >= 4 is 11.8 Å². The second-order valence-corrected chi connectivity index (χ2v) is 7.06. The number of hydrogen-bond acceptors (Lipinski definition) is 3. The maximum absolute atomic E-state index is 4.44. The Kier molecular flexibility index (Phi) is 6.43. The van der Waals surface area contributed by atoms with E-state index in [0.717, 1.165) is 18.2 Å². The molecule has 1 saturated carbocycles. The molecule has 2 rings (SSSR count). The van der Waals surface area contributed by atoms with Crippen molar-refractivity contribution < 1.29 is 0 Å². The quantitative estimate of drug-likeness (QED) is 0.777. The van der Waals surface area contributed by atoms with E-state index < -0.39 is 0 Å². The number of thioether (sulfide) groups is 1. The Hall–Kier alpha value is -0.480. The summed E-state index contributed by atoms with van der Waals surface area (Å²) in [6, 6.07) is 2.86. The Morgan fingerprint density at radius 2 is 2.15 bits per heavy atom. The lowest BCUT2D eigenvalue weighted by Gasteiger charge is -2.31. The summed E-state index contributed by atoms with van der Waals surface area (Å²) in [5, 5.41) is 9.52. The Bertz CT molecular complexity index is 396. The highest BCUT2D eigenvalue weighted by Gasteiger charge is 2.23. The number of rotatable bonds is 7. The first-order valence-electron chi connectivity index (χ1n) is 8.07. The fourth-order valence-corrected chi connectivity index (χ4v) is 4.35. The molecule has 114 valence electrons. The summed E-state index contributed by atoms with van der Waals surface area (Å²) in [5.74, 6) is 2.04. The van der Waals surface area contributed by atoms with Crippen LogP contribution < -0.4 is 5.32 Å². The van der Waals surface area contributed by atoms with Crippen molar-refractivity contribution in [3.63, 3.8) is 0 Å². The summed E-state index contributed by atoms with van der Waals surface area (Å²) in [7, 11) is 2.05. The van der Waals surface area contributed by atoms with E-state index in [9.17, 15) is 0 Å². The highest BCUT2D eigenvalue weighted by atomic mass is 32.2. The van der Waals surface area contributed by atoms with E-state index in [4.69, 9.17) is 0 Å². The minimum Gasteiger partial charge on any atom is -0.313 e. The molecule has 1 aliphatic carbocycles. The van der Waals surface area contributed by atoms with Crippen LogP contribution in [0.3, 0.4) is 0 Å². The summed E-state index contributed by atoms with van der Waals surface area (Å²) < 4.78 is 2.01. The van der Waals surface area contributed by atoms with Crippen LogP contribution in [0.15, 0.2) is 11.1 Å². The van der Waals surface area contributed by atoms with Crippen LogP contribution in [0.5, 0.6) is 0 Å². The number of hydrogen-bond donors (Lipinski definition) is 1. The maximum Gasteiger partial charge on any atom is 0.0939 e. The number of aromatic nitrogens is 2. The Labute approximate surface area is 127 Å². The summed E-state index contributed by atoms with van der Waals surface area (Å²) >= 11 is 1.96. The van der Waals surface area contributed by atoms with E-state index in [1.807, 2.05) is 23.5 Å². The molecular weight excluding hydrogens is 266 g/mol. The van der Waals surface area contributed by atoms with E-state index in [1.54, 1.807) is 0 Å². The standard InChI is InChI=1S/C16H29N3S/c1-4-10-17-15(14-8-6-5-7-9-14)12-20-16-11-13(2)18-19(16)3/h11,14-15,17H,4-10,12H2,1-3H3. The van der Waals surface area contributed by atoms with Crippen LogP contribution >= 0.6 is 11.8 Å². The molecule has 3 nitrogen and oxygen atoms in total. The van der Waals surface area contributed by atoms with E-state index in [2.05, 4.69) is 30.3 Å². The first-order valence-corrected chi connectivity index (χ1v) is 9.06. The fraction of sp³-hybridized carbons (Fsp3) is 0.812. The molecule has 0 bridgehead atoms. The molecule has 0 aromatic carbocycles. The van der Waals surface area contributed by atoms with Gasteiger partial charge in [0.05, 0.1) is 10.7 Å². The first-order chi connectivity index (χ1) is 9.70. The molecule has 0 spiro atoms. The van der Waals surface area contributed by atoms with Crippen LogP contribution in [0, 0.1) is 12.8 Å². The molecule has 0 radical (unpaired) electrons. The van der Waals surface area contributed by atoms with Gasteiger partial charge in [0.2, 0.25) is 0 Å². The molecule has 1 unspecified atom stereocenters. The van der Waals surface area contributed by atoms with Crippen molar-refractivity contribution in [2.24, 2.45) is 13.0 Å². The van der Waals surface area contributed by atoms with Gasteiger partial charge in [0.25, 0.3) is 0 Å². The van der Waals surface area contributed by atoms with E-state index in [1.165, 1.54) is 49.3 Å². The lowest BCUT2D eigenvalue weighted by atomic mass is 9.84. The molecule has 0 saturated heterocycles. The number of nitrogens with zero attached hydrogens (tertiary/aromatic N) is 2. The zero-order chi connectivity index (χ0) is 14.4. The highest BCUT2D eigenvalue weighted by Crippen LogP contribution is 2.29. The van der Waals surface area contributed by atoms with Gasteiger partial charge < -0.3 is 5.32 Å². The molecular formula is C16H29N3S. The van der Waals surface area contributed by atoms with E-state index >= 15 is 0 Å². The molecule has 1 aliphatic rings. The van der Waals surface area contributed by atoms with Crippen LogP contribution in [0.4, 0.5) is 0 Å². The van der Waals surface area contributed by atoms with Gasteiger partial charge in [-0.2, -0.15) is 5.10 Å². The topological polar surface area (TPSA) is 29.9 Å². The Morgan fingerprint density at radius 3 is 2.75 bits per heavy atom. The van der Waals surface area contributed by atoms with Crippen molar-refractivity contribution in [2.45, 2.75) is 63.4 Å². The average Bonchev–Trinajstić information content (AvgIpc) is 2.78.